The van der Waals surface area contributed by atoms with E-state index in [1.807, 2.05) is 0 Å². The van der Waals surface area contributed by atoms with Crippen molar-refractivity contribution in [3.8, 4) is 0 Å². The van der Waals surface area contributed by atoms with Crippen LogP contribution in [0.15, 0.2) is 0 Å². The molecule has 74 valence electrons. The molecule has 0 aliphatic heterocycles. The van der Waals surface area contributed by atoms with Crippen molar-refractivity contribution in [1.29, 1.82) is 0 Å². The summed E-state index contributed by atoms with van der Waals surface area (Å²) >= 11 is 0. The van der Waals surface area contributed by atoms with Crippen LogP contribution in [-0.2, 0) is 0 Å². The van der Waals surface area contributed by atoms with Gasteiger partial charge in [-0.05, 0) is 12.8 Å². The van der Waals surface area contributed by atoms with Crippen molar-refractivity contribution >= 4 is 0 Å². The third-order valence-electron chi connectivity index (χ3n) is 1.73. The van der Waals surface area contributed by atoms with Crippen LogP contribution in [0.5, 0.6) is 0 Å². The lowest BCUT2D eigenvalue weighted by molar-refractivity contribution is 0.318. The molecule has 0 saturated carbocycles. The Hall–Kier alpha value is -0.0800. The molecule has 0 aliphatic carbocycles. The van der Waals surface area contributed by atoms with Crippen LogP contribution < -0.4 is 0 Å². The normalized spacial score (nSPS) is 8.18. The molecule has 0 radical (unpaired) electrons. The molecule has 0 saturated heterocycles. The molecule has 11 heavy (non-hydrogen) atoms. The third kappa shape index (κ3) is 17.8. The highest BCUT2D eigenvalue weighted by Gasteiger charge is 1.95. The van der Waals surface area contributed by atoms with E-state index in [0.717, 1.165) is 5.92 Å². The van der Waals surface area contributed by atoms with Gasteiger partial charge in [0.05, 0.1) is 0 Å². The van der Waals surface area contributed by atoms with E-state index >= 15 is 0 Å². The first-order valence-electron chi connectivity index (χ1n) is 4.37. The van der Waals surface area contributed by atoms with E-state index in [-0.39, 0.29) is 13.5 Å². The second-order valence-corrected chi connectivity index (χ2v) is 2.41. The highest BCUT2D eigenvalue weighted by atomic mass is 16.2. The number of hydrogen-bond acceptors (Lipinski definition) is 1. The summed E-state index contributed by atoms with van der Waals surface area (Å²) in [6.45, 7) is 8.72. The van der Waals surface area contributed by atoms with E-state index in [2.05, 4.69) is 20.8 Å². The van der Waals surface area contributed by atoms with Gasteiger partial charge >= 0.3 is 0 Å². The fourth-order valence-corrected chi connectivity index (χ4v) is 0.866. The highest BCUT2D eigenvalue weighted by Crippen LogP contribution is 2.09. The average molecular weight is 166 g/mol. The van der Waals surface area contributed by atoms with E-state index in [0.29, 0.717) is 0 Å². The molecule has 0 aromatic carbocycles. The average Bonchev–Trinajstić information content (AvgIpc) is 1.93. The summed E-state index contributed by atoms with van der Waals surface area (Å²) in [6.07, 6.45) is 4.06. The molecule has 0 atom stereocenters. The summed E-state index contributed by atoms with van der Waals surface area (Å²) in [5.74, 6) is 0.986. The number of rotatable bonds is 3. The Morgan fingerprint density at radius 3 is 1.18 bits per heavy atom. The topological polar surface area (TPSA) is 51.7 Å². The summed E-state index contributed by atoms with van der Waals surface area (Å²) in [5, 5.41) is 7.57. The monoisotopic (exact) mass is 166 g/mol. The first-order valence-corrected chi connectivity index (χ1v) is 4.37. The zero-order valence-corrected chi connectivity index (χ0v) is 8.35. The molecular formula is C9H26O2. The summed E-state index contributed by atoms with van der Waals surface area (Å²) in [5.41, 5.74) is 0. The lowest BCUT2D eigenvalue weighted by Gasteiger charge is -2.05. The first-order chi connectivity index (χ1) is 4.76. The van der Waals surface area contributed by atoms with Gasteiger partial charge in [0.15, 0.2) is 0 Å². The van der Waals surface area contributed by atoms with Gasteiger partial charge in [0, 0.05) is 8.03 Å². The van der Waals surface area contributed by atoms with E-state index in [1.165, 1.54) is 19.3 Å². The molecular weight excluding hydrogens is 140 g/mol. The molecule has 2 nitrogen and oxygen atoms in total. The van der Waals surface area contributed by atoms with Gasteiger partial charge in [-0.3, -0.25) is 0 Å². The standard InChI is InChI=1S/C7H16.C2H6O.H2O.H2/c1-4-7(5-2)6-3;1-2-3;;/h7H,4-6H2,1-3H3;3H,2H2,1H3;1H2;1H. The molecule has 0 aromatic heterocycles. The minimum absolute atomic E-state index is 0. The smallest absolute Gasteiger partial charge is 0.0402 e. The predicted molar refractivity (Wildman–Crippen MR) is 52.9 cm³/mol. The molecule has 0 rings (SSSR count). The molecule has 3 N–H and O–H groups in total. The zero-order chi connectivity index (χ0) is 8.41. The molecule has 0 amide bonds. The third-order valence-corrected chi connectivity index (χ3v) is 1.73. The van der Waals surface area contributed by atoms with Crippen LogP contribution in [0.1, 0.15) is 48.4 Å². The SMILES string of the molecule is CCC(CC)CC.CCO.O.[HH]. The highest BCUT2D eigenvalue weighted by molar-refractivity contribution is 4.48. The fourth-order valence-electron chi connectivity index (χ4n) is 0.866. The van der Waals surface area contributed by atoms with Crippen LogP contribution in [0.2, 0.25) is 0 Å². The molecule has 0 spiro atoms. The first kappa shape index (κ1) is 17.1. The molecule has 0 aromatic rings. The van der Waals surface area contributed by atoms with E-state index in [9.17, 15) is 0 Å². The summed E-state index contributed by atoms with van der Waals surface area (Å²) in [7, 11) is 0. The van der Waals surface area contributed by atoms with Crippen LogP contribution in [0, 0.1) is 5.92 Å². The molecule has 0 fully saturated rings. The lowest BCUT2D eigenvalue weighted by atomic mass is 10.0. The maximum atomic E-state index is 7.57. The van der Waals surface area contributed by atoms with Crippen molar-refractivity contribution < 1.29 is 12.0 Å². The van der Waals surface area contributed by atoms with E-state index in [4.69, 9.17) is 5.11 Å². The Kier molecular flexibility index (Phi) is 25.7. The summed E-state index contributed by atoms with van der Waals surface area (Å²) in [6, 6.07) is 0. The van der Waals surface area contributed by atoms with Gasteiger partial charge in [-0.15, -0.1) is 0 Å². The van der Waals surface area contributed by atoms with Crippen molar-refractivity contribution in [1.82, 2.24) is 0 Å². The van der Waals surface area contributed by atoms with Crippen molar-refractivity contribution in [3.63, 3.8) is 0 Å². The molecule has 0 heterocycles. The van der Waals surface area contributed by atoms with Crippen LogP contribution in [0.25, 0.3) is 0 Å². The molecule has 2 heteroatoms. The molecule has 0 bridgehead atoms. The second-order valence-electron chi connectivity index (χ2n) is 2.41. The van der Waals surface area contributed by atoms with Gasteiger partial charge in [0.25, 0.3) is 0 Å². The zero-order valence-electron chi connectivity index (χ0n) is 8.35. The van der Waals surface area contributed by atoms with Crippen LogP contribution in [0.4, 0.5) is 0 Å². The number of aliphatic hydroxyl groups excluding tert-OH is 1. The minimum atomic E-state index is 0. The Balaban J connectivity index is -0.0000000569. The van der Waals surface area contributed by atoms with E-state index in [1.54, 1.807) is 6.92 Å². The molecule has 0 unspecified atom stereocenters. The fraction of sp³-hybridized carbons (Fsp3) is 1.00. The van der Waals surface area contributed by atoms with Crippen molar-refractivity contribution in [3.05, 3.63) is 0 Å². The number of aliphatic hydroxyl groups is 1. The van der Waals surface area contributed by atoms with Gasteiger partial charge < -0.3 is 10.6 Å². The van der Waals surface area contributed by atoms with Gasteiger partial charge in [-0.25, -0.2) is 0 Å². The van der Waals surface area contributed by atoms with E-state index < -0.39 is 0 Å². The Morgan fingerprint density at radius 1 is 1.00 bits per heavy atom. The quantitative estimate of drug-likeness (QED) is 0.687. The van der Waals surface area contributed by atoms with Crippen molar-refractivity contribution in [2.75, 3.05) is 6.61 Å². The van der Waals surface area contributed by atoms with Crippen LogP contribution >= 0.6 is 0 Å². The van der Waals surface area contributed by atoms with Crippen LogP contribution in [0.3, 0.4) is 0 Å². The predicted octanol–water partition coefficient (Wildman–Crippen LogP) is 2.25. The van der Waals surface area contributed by atoms with Gasteiger partial charge in [-0.2, -0.15) is 0 Å². The summed E-state index contributed by atoms with van der Waals surface area (Å²) < 4.78 is 0. The van der Waals surface area contributed by atoms with Gasteiger partial charge in [0.2, 0.25) is 0 Å². The van der Waals surface area contributed by atoms with Crippen LogP contribution in [-0.4, -0.2) is 17.2 Å². The maximum absolute atomic E-state index is 7.57. The van der Waals surface area contributed by atoms with Crippen molar-refractivity contribution in [2.45, 2.75) is 47.0 Å². The largest absolute Gasteiger partial charge is 0.412 e. The molecule has 0 aliphatic rings. The Labute approximate surface area is 72.4 Å². The lowest BCUT2D eigenvalue weighted by Crippen LogP contribution is -1.91. The van der Waals surface area contributed by atoms with Crippen molar-refractivity contribution in [2.24, 2.45) is 5.92 Å². The second kappa shape index (κ2) is 16.5. The summed E-state index contributed by atoms with van der Waals surface area (Å²) in [4.78, 5) is 0. The maximum Gasteiger partial charge on any atom is 0.0402 e. The van der Waals surface area contributed by atoms with Gasteiger partial charge in [0.1, 0.15) is 0 Å². The number of hydrogen-bond donors (Lipinski definition) is 1. The Morgan fingerprint density at radius 2 is 1.18 bits per heavy atom. The van der Waals surface area contributed by atoms with Gasteiger partial charge in [-0.1, -0.05) is 40.0 Å². The Bertz CT molecular complexity index is 42.3. The minimum Gasteiger partial charge on any atom is -0.412 e.